The number of benzene rings is 3. The van der Waals surface area contributed by atoms with Crippen LogP contribution in [0.2, 0.25) is 0 Å². The number of rotatable bonds is 10. The minimum Gasteiger partial charge on any atom is -1.00 e. The molecule has 0 spiro atoms. The van der Waals surface area contributed by atoms with Crippen LogP contribution in [0.25, 0.3) is 20.7 Å². The first kappa shape index (κ1) is 31.2. The van der Waals surface area contributed by atoms with Crippen LogP contribution in [-0.4, -0.2) is 16.2 Å². The SMILES string of the molecule is COc1ccc(-c2sc3c(c2C[NH2+]Cc2ccccc2)c(=O)n(CC(C)C)c(=O)n3Cc2c(F)cccc2F)cc1.[Cl-]. The summed E-state index contributed by atoms with van der Waals surface area (Å²) >= 11 is 1.29. The smallest absolute Gasteiger partial charge is 0.332 e. The first-order valence-corrected chi connectivity index (χ1v) is 14.3. The van der Waals surface area contributed by atoms with Crippen LogP contribution in [0.5, 0.6) is 5.75 Å². The highest BCUT2D eigenvalue weighted by Crippen LogP contribution is 2.37. The van der Waals surface area contributed by atoms with Crippen molar-refractivity contribution >= 4 is 21.6 Å². The van der Waals surface area contributed by atoms with Gasteiger partial charge in [-0.3, -0.25) is 13.9 Å². The number of methoxy groups -OCH3 is 1. The molecular weight excluding hydrogens is 580 g/mol. The van der Waals surface area contributed by atoms with Crippen LogP contribution in [0, 0.1) is 17.6 Å². The van der Waals surface area contributed by atoms with Crippen molar-refractivity contribution < 1.29 is 31.2 Å². The average molecular weight is 612 g/mol. The Morgan fingerprint density at radius 3 is 2.14 bits per heavy atom. The zero-order valence-corrected chi connectivity index (χ0v) is 25.1. The second-order valence-electron chi connectivity index (χ2n) is 10.4. The van der Waals surface area contributed by atoms with Crippen LogP contribution < -0.4 is 33.7 Å². The van der Waals surface area contributed by atoms with Crippen molar-refractivity contribution in [1.82, 2.24) is 9.13 Å². The van der Waals surface area contributed by atoms with Gasteiger partial charge in [-0.15, -0.1) is 11.3 Å². The van der Waals surface area contributed by atoms with E-state index in [0.29, 0.717) is 29.1 Å². The van der Waals surface area contributed by atoms with Crippen LogP contribution in [0.1, 0.15) is 30.5 Å². The summed E-state index contributed by atoms with van der Waals surface area (Å²) in [5, 5.41) is 2.52. The molecule has 0 atom stereocenters. The highest BCUT2D eigenvalue weighted by molar-refractivity contribution is 7.22. The number of aromatic nitrogens is 2. The van der Waals surface area contributed by atoms with Gasteiger partial charge in [0.15, 0.2) is 0 Å². The summed E-state index contributed by atoms with van der Waals surface area (Å²) in [4.78, 5) is 29.0. The number of ether oxygens (including phenoxy) is 1. The molecule has 5 aromatic rings. The normalized spacial score (nSPS) is 11.2. The molecular formula is C32H32ClF2N3O3S. The fourth-order valence-corrected chi connectivity index (χ4v) is 6.31. The Morgan fingerprint density at radius 2 is 1.52 bits per heavy atom. The number of quaternary nitrogens is 1. The second kappa shape index (κ2) is 13.5. The van der Waals surface area contributed by atoms with Gasteiger partial charge >= 0.3 is 5.69 Å². The maximum absolute atomic E-state index is 14.8. The largest absolute Gasteiger partial charge is 1.00 e. The van der Waals surface area contributed by atoms with Gasteiger partial charge in [-0.2, -0.15) is 0 Å². The molecule has 5 rings (SSSR count). The maximum Gasteiger partial charge on any atom is 0.332 e. The number of thiophene rings is 1. The van der Waals surface area contributed by atoms with E-state index in [4.69, 9.17) is 4.74 Å². The topological polar surface area (TPSA) is 69.8 Å². The highest BCUT2D eigenvalue weighted by Gasteiger charge is 2.25. The quantitative estimate of drug-likeness (QED) is 0.263. The van der Waals surface area contributed by atoms with E-state index in [1.165, 1.54) is 38.7 Å². The van der Waals surface area contributed by atoms with Crippen LogP contribution >= 0.6 is 11.3 Å². The monoisotopic (exact) mass is 611 g/mol. The van der Waals surface area contributed by atoms with Crippen LogP contribution in [0.4, 0.5) is 8.78 Å². The van der Waals surface area contributed by atoms with Gasteiger partial charge in [0.05, 0.1) is 19.0 Å². The lowest BCUT2D eigenvalue weighted by Gasteiger charge is -2.14. The van der Waals surface area contributed by atoms with E-state index in [0.717, 1.165) is 21.6 Å². The third-order valence-electron chi connectivity index (χ3n) is 7.00. The van der Waals surface area contributed by atoms with Gasteiger partial charge in [0.1, 0.15) is 35.3 Å². The predicted molar refractivity (Wildman–Crippen MR) is 158 cm³/mol. The maximum atomic E-state index is 14.8. The summed E-state index contributed by atoms with van der Waals surface area (Å²) in [6.45, 7) is 4.86. The molecule has 2 heterocycles. The molecule has 0 unspecified atom stereocenters. The summed E-state index contributed by atoms with van der Waals surface area (Å²) in [5.74, 6) is -0.785. The van der Waals surface area contributed by atoms with Gasteiger partial charge in [-0.05, 0) is 47.9 Å². The van der Waals surface area contributed by atoms with E-state index >= 15 is 0 Å². The number of hydrogen-bond acceptors (Lipinski definition) is 4. The summed E-state index contributed by atoms with van der Waals surface area (Å²) in [7, 11) is 1.59. The van der Waals surface area contributed by atoms with Crippen molar-refractivity contribution in [3.05, 3.63) is 122 Å². The third kappa shape index (κ3) is 6.33. The van der Waals surface area contributed by atoms with Gasteiger partial charge in [-0.25, -0.2) is 13.6 Å². The van der Waals surface area contributed by atoms with Gasteiger partial charge in [0.25, 0.3) is 5.56 Å². The molecule has 0 bridgehead atoms. The van der Waals surface area contributed by atoms with Gasteiger partial charge in [0.2, 0.25) is 0 Å². The van der Waals surface area contributed by atoms with E-state index in [9.17, 15) is 18.4 Å². The first-order valence-electron chi connectivity index (χ1n) is 13.5. The number of nitrogens with two attached hydrogens (primary N) is 1. The third-order valence-corrected chi connectivity index (χ3v) is 8.31. The number of hydrogen-bond donors (Lipinski definition) is 1. The van der Waals surface area contributed by atoms with Crippen molar-refractivity contribution in [1.29, 1.82) is 0 Å². The standard InChI is InChI=1S/C32H31F2N3O3S.ClH/c1-20(2)18-36-30(38)28-24(17-35-16-21-8-5-4-6-9-21)29(22-12-14-23(40-3)15-13-22)41-31(28)37(32(36)39)19-25-26(33)10-7-11-27(25)34;/h4-15,20,35H,16-19H2,1-3H3;1H. The molecule has 0 radical (unpaired) electrons. The van der Waals surface area contributed by atoms with Crippen molar-refractivity contribution in [2.75, 3.05) is 7.11 Å². The highest BCUT2D eigenvalue weighted by atomic mass is 35.5. The van der Waals surface area contributed by atoms with Crippen molar-refractivity contribution in [2.45, 2.75) is 40.0 Å². The molecule has 220 valence electrons. The molecule has 0 aliphatic heterocycles. The fourth-order valence-electron chi connectivity index (χ4n) is 4.99. The summed E-state index contributed by atoms with van der Waals surface area (Å²) in [5.41, 5.74) is 1.60. The van der Waals surface area contributed by atoms with Gasteiger partial charge < -0.3 is 22.5 Å². The van der Waals surface area contributed by atoms with Crippen molar-refractivity contribution in [3.8, 4) is 16.2 Å². The van der Waals surface area contributed by atoms with Crippen LogP contribution in [0.3, 0.4) is 0 Å². The molecule has 0 aliphatic carbocycles. The lowest BCUT2D eigenvalue weighted by molar-refractivity contribution is -0.686. The molecule has 42 heavy (non-hydrogen) atoms. The van der Waals surface area contributed by atoms with Gasteiger partial charge in [-0.1, -0.05) is 50.2 Å². The number of nitrogens with zero attached hydrogens (tertiary/aromatic N) is 2. The van der Waals surface area contributed by atoms with Crippen LogP contribution in [0.15, 0.2) is 82.4 Å². The molecule has 0 saturated carbocycles. The van der Waals surface area contributed by atoms with E-state index < -0.39 is 17.3 Å². The second-order valence-corrected chi connectivity index (χ2v) is 11.4. The molecule has 0 saturated heterocycles. The zero-order chi connectivity index (χ0) is 29.1. The Hall–Kier alpha value is -3.79. The number of halogens is 3. The lowest BCUT2D eigenvalue weighted by Crippen LogP contribution is -3.00. The predicted octanol–water partition coefficient (Wildman–Crippen LogP) is 2.15. The van der Waals surface area contributed by atoms with E-state index in [1.807, 2.05) is 68.4 Å². The minimum atomic E-state index is -0.741. The summed E-state index contributed by atoms with van der Waals surface area (Å²) < 4.78 is 37.4. The minimum absolute atomic E-state index is 0. The number of fused-ring (bicyclic) bond motifs is 1. The lowest BCUT2D eigenvalue weighted by atomic mass is 10.1. The van der Waals surface area contributed by atoms with E-state index in [-0.39, 0.29) is 42.5 Å². The summed E-state index contributed by atoms with van der Waals surface area (Å²) in [6.07, 6.45) is 0. The van der Waals surface area contributed by atoms with E-state index in [1.54, 1.807) is 7.11 Å². The zero-order valence-electron chi connectivity index (χ0n) is 23.6. The molecule has 10 heteroatoms. The molecule has 2 N–H and O–H groups in total. The Morgan fingerprint density at radius 1 is 0.857 bits per heavy atom. The molecule has 3 aromatic carbocycles. The molecule has 0 fully saturated rings. The Bertz CT molecular complexity index is 1780. The Kier molecular flexibility index (Phi) is 9.98. The average Bonchev–Trinajstić information content (AvgIpc) is 3.34. The Labute approximate surface area is 252 Å². The fraction of sp³-hybridized carbons (Fsp3) is 0.250. The van der Waals surface area contributed by atoms with Crippen LogP contribution in [-0.2, 0) is 26.2 Å². The molecule has 6 nitrogen and oxygen atoms in total. The van der Waals surface area contributed by atoms with Crippen molar-refractivity contribution in [3.63, 3.8) is 0 Å². The Balaban J connectivity index is 0.00000405. The molecule has 2 aromatic heterocycles. The van der Waals surface area contributed by atoms with Gasteiger partial charge in [0, 0.05) is 28.1 Å². The first-order chi connectivity index (χ1) is 19.8. The molecule has 0 aliphatic rings. The van der Waals surface area contributed by atoms with Crippen molar-refractivity contribution in [2.24, 2.45) is 5.92 Å². The van der Waals surface area contributed by atoms with E-state index in [2.05, 4.69) is 5.32 Å². The summed E-state index contributed by atoms with van der Waals surface area (Å²) in [6, 6.07) is 21.2. The molecule has 0 amide bonds.